The molecule has 4 nitrogen and oxygen atoms in total. The Balaban J connectivity index is 1.51. The number of fused-ring (bicyclic) bond motifs is 2. The number of amides is 1. The van der Waals surface area contributed by atoms with Crippen molar-refractivity contribution < 1.29 is 14.6 Å². The first kappa shape index (κ1) is 12.8. The van der Waals surface area contributed by atoms with E-state index in [1.165, 1.54) is 32.1 Å². The van der Waals surface area contributed by atoms with Crippen molar-refractivity contribution in [2.24, 2.45) is 29.6 Å². The smallest absolute Gasteiger partial charge is 0.229 e. The van der Waals surface area contributed by atoms with Crippen LogP contribution in [0.1, 0.15) is 51.4 Å². The summed E-state index contributed by atoms with van der Waals surface area (Å²) in [7, 11) is 0. The van der Waals surface area contributed by atoms with Gasteiger partial charge in [-0.3, -0.25) is 4.79 Å². The molecule has 2 heterocycles. The molecule has 22 heavy (non-hydrogen) atoms. The van der Waals surface area contributed by atoms with Crippen LogP contribution in [0.2, 0.25) is 0 Å². The first-order valence-electron chi connectivity index (χ1n) is 9.42. The molecule has 7 atom stereocenters. The SMILES string of the molecule is O=C1C2C3CC4C(OC(C5CCCCC5)(C42)N1C1CC1)C3O. The van der Waals surface area contributed by atoms with E-state index in [1.54, 1.807) is 0 Å². The summed E-state index contributed by atoms with van der Waals surface area (Å²) >= 11 is 0. The zero-order valence-corrected chi connectivity index (χ0v) is 13.0. The third-order valence-electron chi connectivity index (χ3n) is 7.85. The summed E-state index contributed by atoms with van der Waals surface area (Å²) in [5.41, 5.74) is -0.328. The molecule has 2 saturated heterocycles. The molecule has 4 saturated carbocycles. The summed E-state index contributed by atoms with van der Waals surface area (Å²) in [5, 5.41) is 10.6. The summed E-state index contributed by atoms with van der Waals surface area (Å²) in [4.78, 5) is 15.4. The van der Waals surface area contributed by atoms with Crippen LogP contribution >= 0.6 is 0 Å². The van der Waals surface area contributed by atoms with Crippen LogP contribution in [-0.4, -0.2) is 39.9 Å². The summed E-state index contributed by atoms with van der Waals surface area (Å²) in [5.74, 6) is 1.94. The maximum Gasteiger partial charge on any atom is 0.229 e. The Labute approximate surface area is 131 Å². The standard InChI is InChI=1S/C18H25NO3/c20-15-11-8-12-14-13(11)17(21)19(10-6-7-10)18(14,22-16(12)15)9-4-2-1-3-5-9/h9-16,20H,1-8H2. The Kier molecular flexibility index (Phi) is 2.26. The van der Waals surface area contributed by atoms with E-state index in [4.69, 9.17) is 4.74 Å². The molecule has 0 spiro atoms. The van der Waals surface area contributed by atoms with E-state index >= 15 is 0 Å². The van der Waals surface area contributed by atoms with Crippen LogP contribution in [0.15, 0.2) is 0 Å². The third-order valence-corrected chi connectivity index (χ3v) is 7.85. The number of carbonyl (C=O) groups is 1. The first-order chi connectivity index (χ1) is 10.7. The van der Waals surface area contributed by atoms with Gasteiger partial charge in [0, 0.05) is 17.9 Å². The molecule has 7 unspecified atom stereocenters. The molecule has 1 amide bonds. The Morgan fingerprint density at radius 3 is 2.59 bits per heavy atom. The zero-order chi connectivity index (χ0) is 14.6. The molecule has 2 aliphatic heterocycles. The first-order valence-corrected chi connectivity index (χ1v) is 9.42. The molecule has 6 rings (SSSR count). The highest BCUT2D eigenvalue weighted by atomic mass is 16.6. The van der Waals surface area contributed by atoms with E-state index in [-0.39, 0.29) is 29.8 Å². The fourth-order valence-electron chi connectivity index (χ4n) is 7.11. The van der Waals surface area contributed by atoms with Gasteiger partial charge in [0.15, 0.2) is 5.72 Å². The summed E-state index contributed by atoms with van der Waals surface area (Å²) in [6, 6.07) is 0.440. The largest absolute Gasteiger partial charge is 0.390 e. The topological polar surface area (TPSA) is 49.8 Å². The maximum absolute atomic E-state index is 13.2. The van der Waals surface area contributed by atoms with E-state index in [2.05, 4.69) is 4.90 Å². The van der Waals surface area contributed by atoms with Gasteiger partial charge < -0.3 is 14.7 Å². The lowest BCUT2D eigenvalue weighted by Crippen LogP contribution is -2.56. The van der Waals surface area contributed by atoms with Crippen molar-refractivity contribution in [2.75, 3.05) is 0 Å². The fraction of sp³-hybridized carbons (Fsp3) is 0.944. The Bertz CT molecular complexity index is 540. The number of carbonyl (C=O) groups excluding carboxylic acids is 1. The van der Waals surface area contributed by atoms with E-state index in [0.717, 1.165) is 19.3 Å². The minimum absolute atomic E-state index is 0.0162. The molecular weight excluding hydrogens is 278 g/mol. The number of likely N-dealkylation sites (tertiary alicyclic amines) is 1. The van der Waals surface area contributed by atoms with Crippen molar-refractivity contribution in [3.8, 4) is 0 Å². The van der Waals surface area contributed by atoms with Gasteiger partial charge in [-0.25, -0.2) is 0 Å². The van der Waals surface area contributed by atoms with Crippen molar-refractivity contribution in [3.63, 3.8) is 0 Å². The number of ether oxygens (including phenoxy) is 1. The van der Waals surface area contributed by atoms with Crippen molar-refractivity contribution in [3.05, 3.63) is 0 Å². The fourth-order valence-corrected chi connectivity index (χ4v) is 7.11. The lowest BCUT2D eigenvalue weighted by Gasteiger charge is -2.46. The van der Waals surface area contributed by atoms with E-state index in [1.807, 2.05) is 0 Å². The van der Waals surface area contributed by atoms with E-state index in [9.17, 15) is 9.90 Å². The normalized spacial score (nSPS) is 56.4. The molecule has 0 aromatic rings. The lowest BCUT2D eigenvalue weighted by molar-refractivity contribution is -0.203. The minimum Gasteiger partial charge on any atom is -0.390 e. The number of nitrogens with zero attached hydrogens (tertiary/aromatic N) is 1. The van der Waals surface area contributed by atoms with E-state index < -0.39 is 0 Å². The van der Waals surface area contributed by atoms with Crippen molar-refractivity contribution in [1.82, 2.24) is 4.90 Å². The van der Waals surface area contributed by atoms with Crippen LogP contribution in [0.4, 0.5) is 0 Å². The molecule has 0 aromatic carbocycles. The molecule has 2 bridgehead atoms. The molecule has 0 aromatic heterocycles. The van der Waals surface area contributed by atoms with Gasteiger partial charge in [0.1, 0.15) is 0 Å². The molecular formula is C18H25NO3. The second-order valence-corrected chi connectivity index (χ2v) is 8.71. The Hall–Kier alpha value is -0.610. The minimum atomic E-state index is -0.387. The maximum atomic E-state index is 13.2. The van der Waals surface area contributed by atoms with Crippen LogP contribution in [0.25, 0.3) is 0 Å². The number of hydrogen-bond acceptors (Lipinski definition) is 3. The summed E-state index contributed by atoms with van der Waals surface area (Å²) in [6.45, 7) is 0. The summed E-state index contributed by atoms with van der Waals surface area (Å²) in [6.07, 6.45) is 9.28. The predicted molar refractivity (Wildman–Crippen MR) is 78.6 cm³/mol. The van der Waals surface area contributed by atoms with Gasteiger partial charge in [0.2, 0.25) is 5.91 Å². The van der Waals surface area contributed by atoms with Crippen LogP contribution in [0.5, 0.6) is 0 Å². The monoisotopic (exact) mass is 303 g/mol. The molecule has 120 valence electrons. The van der Waals surface area contributed by atoms with Crippen molar-refractivity contribution in [1.29, 1.82) is 0 Å². The number of aliphatic hydroxyl groups is 1. The Morgan fingerprint density at radius 1 is 1.09 bits per heavy atom. The van der Waals surface area contributed by atoms with E-state index in [0.29, 0.717) is 29.7 Å². The van der Waals surface area contributed by atoms with Gasteiger partial charge in [-0.05, 0) is 43.9 Å². The lowest BCUT2D eigenvalue weighted by atomic mass is 9.70. The van der Waals surface area contributed by atoms with Gasteiger partial charge in [-0.2, -0.15) is 0 Å². The quantitative estimate of drug-likeness (QED) is 0.848. The van der Waals surface area contributed by atoms with Crippen molar-refractivity contribution in [2.45, 2.75) is 75.3 Å². The Morgan fingerprint density at radius 2 is 1.86 bits per heavy atom. The average molecular weight is 303 g/mol. The highest BCUT2D eigenvalue weighted by molar-refractivity contribution is 5.85. The van der Waals surface area contributed by atoms with Gasteiger partial charge >= 0.3 is 0 Å². The predicted octanol–water partition coefficient (Wildman–Crippen LogP) is 1.91. The molecule has 4 aliphatic carbocycles. The van der Waals surface area contributed by atoms with Gasteiger partial charge in [-0.1, -0.05) is 19.3 Å². The van der Waals surface area contributed by atoms with Gasteiger partial charge in [0.05, 0.1) is 18.1 Å². The van der Waals surface area contributed by atoms with Crippen molar-refractivity contribution >= 4 is 5.91 Å². The number of rotatable bonds is 2. The third kappa shape index (κ3) is 1.22. The molecule has 0 radical (unpaired) electrons. The summed E-state index contributed by atoms with van der Waals surface area (Å²) < 4.78 is 6.71. The van der Waals surface area contributed by atoms with Crippen LogP contribution < -0.4 is 0 Å². The van der Waals surface area contributed by atoms with Gasteiger partial charge in [0.25, 0.3) is 0 Å². The van der Waals surface area contributed by atoms with Crippen LogP contribution in [-0.2, 0) is 9.53 Å². The van der Waals surface area contributed by atoms with Crippen LogP contribution in [0.3, 0.4) is 0 Å². The highest BCUT2D eigenvalue weighted by Crippen LogP contribution is 2.71. The van der Waals surface area contributed by atoms with Crippen LogP contribution in [0, 0.1) is 29.6 Å². The second kappa shape index (κ2) is 3.89. The highest BCUT2D eigenvalue weighted by Gasteiger charge is 2.80. The average Bonchev–Trinajstić information content (AvgIpc) is 3.01. The molecule has 6 aliphatic rings. The second-order valence-electron chi connectivity index (χ2n) is 8.71. The molecule has 4 heteroatoms. The molecule has 1 N–H and O–H groups in total. The molecule has 6 fully saturated rings. The zero-order valence-electron chi connectivity index (χ0n) is 13.0. The number of aliphatic hydroxyl groups excluding tert-OH is 1. The number of hydrogen-bond donors (Lipinski definition) is 1. The van der Waals surface area contributed by atoms with Gasteiger partial charge in [-0.15, -0.1) is 0 Å².